The van der Waals surface area contributed by atoms with Crippen LogP contribution >= 0.6 is 0 Å². The monoisotopic (exact) mass is 653 g/mol. The maximum atomic E-state index is 5.95. The molecule has 14 nitrogen and oxygen atoms in total. The molecule has 0 fully saturated rings. The van der Waals surface area contributed by atoms with E-state index in [2.05, 4.69) is 15.3 Å². The minimum atomic E-state index is 0.380. The van der Waals surface area contributed by atoms with Crippen LogP contribution in [-0.4, -0.2) is 122 Å². The number of aromatic nitrogens is 2. The van der Waals surface area contributed by atoms with E-state index in [1.54, 1.807) is 58.0 Å². The summed E-state index contributed by atoms with van der Waals surface area (Å²) >= 11 is 0. The molecule has 0 amide bonds. The fraction of sp³-hybridized carbons (Fsp3) is 0.455. The van der Waals surface area contributed by atoms with Crippen LogP contribution in [0.15, 0.2) is 64.8 Å². The van der Waals surface area contributed by atoms with E-state index in [0.717, 1.165) is 11.1 Å². The standard InChI is InChI=1S/C33H43N5O9/c1-39-10-13-42-16-19-45-25-4-5-28-29(22-25)33(37-31-24-27(7-9-35-31)47-21-18-44-15-12-41-3)38-32(28)36-30-23-26(6-8-34-30)46-20-17-43-14-11-40-2/h4-9,22-24H,10-21H2,1-3H3,(H,34,35,36,37,38). The Kier molecular flexibility index (Phi) is 15.8. The van der Waals surface area contributed by atoms with E-state index in [0.29, 0.717) is 120 Å². The third-order valence-electron chi connectivity index (χ3n) is 6.40. The molecule has 1 aliphatic rings. The van der Waals surface area contributed by atoms with Gasteiger partial charge in [0.1, 0.15) is 48.7 Å². The van der Waals surface area contributed by atoms with E-state index < -0.39 is 0 Å². The molecule has 1 aromatic carbocycles. The molecule has 4 rings (SSSR count). The van der Waals surface area contributed by atoms with Crippen LogP contribution < -0.4 is 19.5 Å². The minimum absolute atomic E-state index is 0.380. The normalized spacial score (nSPS) is 13.0. The van der Waals surface area contributed by atoms with Crippen molar-refractivity contribution in [2.24, 2.45) is 9.98 Å². The molecule has 254 valence electrons. The maximum absolute atomic E-state index is 5.95. The van der Waals surface area contributed by atoms with Gasteiger partial charge in [-0.25, -0.2) is 20.0 Å². The van der Waals surface area contributed by atoms with Gasteiger partial charge in [-0.05, 0) is 30.3 Å². The number of nitrogens with one attached hydrogen (secondary N) is 1. The third-order valence-corrected chi connectivity index (χ3v) is 6.40. The molecule has 0 saturated carbocycles. The zero-order valence-corrected chi connectivity index (χ0v) is 27.1. The Labute approximate surface area is 275 Å². The number of benzene rings is 1. The fourth-order valence-corrected chi connectivity index (χ4v) is 4.15. The molecule has 14 heteroatoms. The molecule has 0 saturated heterocycles. The highest BCUT2D eigenvalue weighted by Gasteiger charge is 2.24. The summed E-state index contributed by atoms with van der Waals surface area (Å²) in [7, 11) is 4.91. The summed E-state index contributed by atoms with van der Waals surface area (Å²) in [6.07, 6.45) is 3.30. The molecular weight excluding hydrogens is 610 g/mol. The molecule has 1 aliphatic heterocycles. The number of aliphatic imine (C=N–C) groups is 2. The highest BCUT2D eigenvalue weighted by Crippen LogP contribution is 2.28. The van der Waals surface area contributed by atoms with Crippen LogP contribution in [0, 0.1) is 0 Å². The van der Waals surface area contributed by atoms with Crippen molar-refractivity contribution in [2.75, 3.05) is 106 Å². The third kappa shape index (κ3) is 12.5. The van der Waals surface area contributed by atoms with E-state index in [1.165, 1.54) is 0 Å². The van der Waals surface area contributed by atoms with Gasteiger partial charge in [0.25, 0.3) is 0 Å². The zero-order valence-electron chi connectivity index (χ0n) is 27.1. The second-order valence-corrected chi connectivity index (χ2v) is 9.82. The maximum Gasteiger partial charge on any atom is 0.164 e. The van der Waals surface area contributed by atoms with Gasteiger partial charge >= 0.3 is 0 Å². The van der Waals surface area contributed by atoms with E-state index in [-0.39, 0.29) is 0 Å². The molecule has 0 aliphatic carbocycles. The molecule has 0 bridgehead atoms. The fourth-order valence-electron chi connectivity index (χ4n) is 4.15. The smallest absolute Gasteiger partial charge is 0.164 e. The number of pyridine rings is 2. The van der Waals surface area contributed by atoms with Gasteiger partial charge in [0.05, 0.1) is 59.5 Å². The molecule has 0 spiro atoms. The molecule has 0 radical (unpaired) electrons. The van der Waals surface area contributed by atoms with Crippen molar-refractivity contribution < 1.29 is 42.6 Å². The minimum Gasteiger partial charge on any atom is -0.491 e. The lowest BCUT2D eigenvalue weighted by molar-refractivity contribution is 0.0544. The number of methoxy groups -OCH3 is 3. The average molecular weight is 654 g/mol. The van der Waals surface area contributed by atoms with Crippen LogP contribution in [0.4, 0.5) is 11.6 Å². The van der Waals surface area contributed by atoms with Crippen molar-refractivity contribution in [2.45, 2.75) is 0 Å². The summed E-state index contributed by atoms with van der Waals surface area (Å²) in [5.74, 6) is 3.94. The average Bonchev–Trinajstić information content (AvgIpc) is 3.41. The summed E-state index contributed by atoms with van der Waals surface area (Å²) in [6, 6.07) is 12.8. The Morgan fingerprint density at radius 1 is 0.553 bits per heavy atom. The predicted octanol–water partition coefficient (Wildman–Crippen LogP) is 3.55. The molecule has 3 aromatic rings. The van der Waals surface area contributed by atoms with Gasteiger partial charge in [0.15, 0.2) is 11.7 Å². The van der Waals surface area contributed by atoms with Gasteiger partial charge in [-0.2, -0.15) is 0 Å². The predicted molar refractivity (Wildman–Crippen MR) is 176 cm³/mol. The summed E-state index contributed by atoms with van der Waals surface area (Å²) in [5, 5.41) is 3.31. The second kappa shape index (κ2) is 20.8. The largest absolute Gasteiger partial charge is 0.491 e. The Bertz CT molecular complexity index is 1420. The van der Waals surface area contributed by atoms with E-state index in [9.17, 15) is 0 Å². The zero-order chi connectivity index (χ0) is 32.9. The summed E-state index contributed by atoms with van der Waals surface area (Å²) in [5.41, 5.74) is 1.60. The first-order valence-electron chi connectivity index (χ1n) is 15.3. The van der Waals surface area contributed by atoms with Gasteiger partial charge in [-0.15, -0.1) is 0 Å². The van der Waals surface area contributed by atoms with Crippen molar-refractivity contribution in [1.29, 1.82) is 0 Å². The van der Waals surface area contributed by atoms with E-state index in [4.69, 9.17) is 52.6 Å². The Balaban J connectivity index is 1.48. The lowest BCUT2D eigenvalue weighted by Crippen LogP contribution is -2.13. The molecular formula is C33H43N5O9. The lowest BCUT2D eigenvalue weighted by Gasteiger charge is -2.11. The number of ether oxygens (including phenoxy) is 9. The van der Waals surface area contributed by atoms with Gasteiger partial charge in [0, 0.05) is 57.0 Å². The Morgan fingerprint density at radius 3 is 1.68 bits per heavy atom. The number of hydrogen-bond acceptors (Lipinski definition) is 13. The SMILES string of the molecule is COCCOCCOc1ccnc(N=C2N=C(Nc3cc(OCCOCCOC)ccn3)c3ccc(OCCOCCOC)cc32)c1. The highest BCUT2D eigenvalue weighted by molar-refractivity contribution is 6.26. The van der Waals surface area contributed by atoms with Crippen LogP contribution in [-0.2, 0) is 28.4 Å². The summed E-state index contributed by atoms with van der Waals surface area (Å²) in [4.78, 5) is 18.5. The first kappa shape index (κ1) is 35.7. The number of amidine groups is 2. The summed E-state index contributed by atoms with van der Waals surface area (Å²) in [6.45, 7) is 5.59. The number of anilines is 1. The number of hydrogen-bond donors (Lipinski definition) is 1. The van der Waals surface area contributed by atoms with Crippen LogP contribution in [0.25, 0.3) is 0 Å². The van der Waals surface area contributed by atoms with Gasteiger partial charge in [-0.3, -0.25) is 0 Å². The highest BCUT2D eigenvalue weighted by atomic mass is 16.6. The Morgan fingerprint density at radius 2 is 1.09 bits per heavy atom. The topological polar surface area (TPSA) is 146 Å². The number of nitrogens with zero attached hydrogens (tertiary/aromatic N) is 4. The van der Waals surface area contributed by atoms with Gasteiger partial charge in [0.2, 0.25) is 0 Å². The summed E-state index contributed by atoms with van der Waals surface area (Å²) < 4.78 is 49.1. The first-order chi connectivity index (χ1) is 23.2. The van der Waals surface area contributed by atoms with Gasteiger partial charge in [-0.1, -0.05) is 0 Å². The van der Waals surface area contributed by atoms with Crippen LogP contribution in [0.1, 0.15) is 11.1 Å². The quantitative estimate of drug-likeness (QED) is 0.149. The van der Waals surface area contributed by atoms with Crippen molar-refractivity contribution in [3.63, 3.8) is 0 Å². The second-order valence-electron chi connectivity index (χ2n) is 9.82. The number of fused-ring (bicyclic) bond motifs is 1. The van der Waals surface area contributed by atoms with Crippen molar-refractivity contribution in [3.8, 4) is 17.2 Å². The van der Waals surface area contributed by atoms with Crippen LogP contribution in [0.5, 0.6) is 17.2 Å². The molecule has 0 unspecified atom stereocenters. The van der Waals surface area contributed by atoms with Crippen LogP contribution in [0.3, 0.4) is 0 Å². The number of rotatable bonds is 23. The van der Waals surface area contributed by atoms with Gasteiger partial charge < -0.3 is 47.9 Å². The van der Waals surface area contributed by atoms with E-state index >= 15 is 0 Å². The molecule has 2 aromatic heterocycles. The lowest BCUT2D eigenvalue weighted by atomic mass is 10.1. The van der Waals surface area contributed by atoms with Crippen molar-refractivity contribution >= 4 is 23.3 Å². The van der Waals surface area contributed by atoms with Crippen LogP contribution in [0.2, 0.25) is 0 Å². The van der Waals surface area contributed by atoms with E-state index in [1.807, 2.05) is 18.2 Å². The first-order valence-corrected chi connectivity index (χ1v) is 15.3. The molecule has 0 atom stereocenters. The van der Waals surface area contributed by atoms with Crippen molar-refractivity contribution in [1.82, 2.24) is 9.97 Å². The molecule has 1 N–H and O–H groups in total. The molecule has 3 heterocycles. The Hall–Kier alpha value is -4.18. The molecule has 47 heavy (non-hydrogen) atoms. The van der Waals surface area contributed by atoms with Crippen molar-refractivity contribution in [3.05, 3.63) is 66.0 Å².